The molecule has 112 valence electrons. The van der Waals surface area contributed by atoms with Crippen molar-refractivity contribution in [1.29, 1.82) is 0 Å². The second-order valence-electron chi connectivity index (χ2n) is 4.99. The fourth-order valence-corrected chi connectivity index (χ4v) is 4.66. The number of carbonyl (C=O) groups excluding carboxylic acids is 1. The van der Waals surface area contributed by atoms with E-state index in [1.165, 1.54) is 11.8 Å². The number of amides is 1. The Morgan fingerprint density at radius 3 is 2.53 bits per heavy atom. The summed E-state index contributed by atoms with van der Waals surface area (Å²) in [5, 5.41) is 9.38. The zero-order chi connectivity index (χ0) is 14.6. The van der Waals surface area contributed by atoms with Crippen molar-refractivity contribution in [3.8, 4) is 0 Å². The lowest BCUT2D eigenvalue weighted by molar-refractivity contribution is -0.129. The Hall–Kier alpha value is -0.270. The van der Waals surface area contributed by atoms with Crippen LogP contribution in [0.5, 0.6) is 0 Å². The Labute approximate surface area is 119 Å². The average Bonchev–Trinajstić information content (AvgIpc) is 2.67. The minimum Gasteiger partial charge on any atom is -0.392 e. The highest BCUT2D eigenvalue weighted by molar-refractivity contribution is 8.00. The molecule has 3 atom stereocenters. The van der Waals surface area contributed by atoms with Crippen LogP contribution in [-0.4, -0.2) is 65.5 Å². The molecule has 0 saturated carbocycles. The van der Waals surface area contributed by atoms with E-state index in [2.05, 4.69) is 0 Å². The lowest BCUT2D eigenvalue weighted by Crippen LogP contribution is -2.42. The molecule has 1 N–H and O–H groups in total. The number of sulfone groups is 1. The van der Waals surface area contributed by atoms with E-state index in [4.69, 9.17) is 0 Å². The first-order valence-electron chi connectivity index (χ1n) is 6.56. The zero-order valence-electron chi connectivity index (χ0n) is 11.7. The summed E-state index contributed by atoms with van der Waals surface area (Å²) in [6, 6.07) is -0.176. The molecular weight excluding hydrogens is 286 g/mol. The zero-order valence-corrected chi connectivity index (χ0v) is 13.3. The molecular formula is C12H23NO4S2. The maximum absolute atomic E-state index is 12.1. The van der Waals surface area contributed by atoms with Crippen molar-refractivity contribution >= 4 is 27.5 Å². The third-order valence-corrected chi connectivity index (χ3v) is 6.54. The fraction of sp³-hybridized carbons (Fsp3) is 0.917. The maximum atomic E-state index is 12.1. The van der Waals surface area contributed by atoms with Crippen molar-refractivity contribution in [2.45, 2.75) is 44.6 Å². The van der Waals surface area contributed by atoms with Crippen LogP contribution in [0.4, 0.5) is 0 Å². The van der Waals surface area contributed by atoms with E-state index >= 15 is 0 Å². The van der Waals surface area contributed by atoms with Gasteiger partial charge < -0.3 is 10.0 Å². The molecule has 5 nitrogen and oxygen atoms in total. The summed E-state index contributed by atoms with van der Waals surface area (Å²) in [7, 11) is -2.97. The van der Waals surface area contributed by atoms with Crippen LogP contribution in [0.15, 0.2) is 0 Å². The largest absolute Gasteiger partial charge is 0.392 e. The van der Waals surface area contributed by atoms with Crippen molar-refractivity contribution in [3.05, 3.63) is 0 Å². The van der Waals surface area contributed by atoms with Crippen LogP contribution in [0.3, 0.4) is 0 Å². The molecule has 0 aromatic rings. The summed E-state index contributed by atoms with van der Waals surface area (Å²) in [5.41, 5.74) is 0. The molecule has 1 heterocycles. The number of nitrogens with zero attached hydrogens (tertiary/aromatic N) is 1. The predicted molar refractivity (Wildman–Crippen MR) is 78.0 cm³/mol. The molecule has 1 rings (SSSR count). The molecule has 3 unspecified atom stereocenters. The SMILES string of the molecule is CCN(C(=O)CSC(C)C(C)O)C1CCS(=O)(=O)C1. The molecule has 0 aromatic carbocycles. The molecule has 0 aromatic heterocycles. The van der Waals surface area contributed by atoms with E-state index < -0.39 is 15.9 Å². The number of rotatable bonds is 6. The lowest BCUT2D eigenvalue weighted by Gasteiger charge is -2.27. The van der Waals surface area contributed by atoms with Gasteiger partial charge in [0.2, 0.25) is 5.91 Å². The van der Waals surface area contributed by atoms with Gasteiger partial charge in [0.25, 0.3) is 0 Å². The van der Waals surface area contributed by atoms with Crippen LogP contribution in [0, 0.1) is 0 Å². The minimum absolute atomic E-state index is 0.00466. The first-order valence-corrected chi connectivity index (χ1v) is 9.43. The van der Waals surface area contributed by atoms with Gasteiger partial charge in [-0.1, -0.05) is 6.92 Å². The molecule has 1 aliphatic heterocycles. The Balaban J connectivity index is 2.53. The summed E-state index contributed by atoms with van der Waals surface area (Å²) >= 11 is 1.40. The second-order valence-corrected chi connectivity index (χ2v) is 8.59. The van der Waals surface area contributed by atoms with Gasteiger partial charge in [-0.15, -0.1) is 11.8 Å². The van der Waals surface area contributed by atoms with Crippen molar-refractivity contribution < 1.29 is 18.3 Å². The topological polar surface area (TPSA) is 74.7 Å². The lowest BCUT2D eigenvalue weighted by atomic mass is 10.2. The molecule has 1 amide bonds. The summed E-state index contributed by atoms with van der Waals surface area (Å²) in [5.74, 6) is 0.514. The standard InChI is InChI=1S/C12H23NO4S2/c1-4-13(11-5-6-19(16,17)8-11)12(15)7-18-10(3)9(2)14/h9-11,14H,4-8H2,1-3H3. The molecule has 0 bridgehead atoms. The summed E-state index contributed by atoms with van der Waals surface area (Å²) in [6.07, 6.45) is 0.0816. The predicted octanol–water partition coefficient (Wildman–Crippen LogP) is 0.525. The molecule has 0 aliphatic carbocycles. The van der Waals surface area contributed by atoms with Gasteiger partial charge in [0.1, 0.15) is 0 Å². The van der Waals surface area contributed by atoms with Gasteiger partial charge in [-0.05, 0) is 20.3 Å². The van der Waals surface area contributed by atoms with Gasteiger partial charge in [0.15, 0.2) is 9.84 Å². The molecule has 19 heavy (non-hydrogen) atoms. The monoisotopic (exact) mass is 309 g/mol. The first-order chi connectivity index (χ1) is 8.76. The summed E-state index contributed by atoms with van der Waals surface area (Å²) in [4.78, 5) is 13.8. The van der Waals surface area contributed by atoms with E-state index in [0.29, 0.717) is 13.0 Å². The number of hydrogen-bond donors (Lipinski definition) is 1. The average molecular weight is 309 g/mol. The molecule has 7 heteroatoms. The maximum Gasteiger partial charge on any atom is 0.232 e. The fourth-order valence-electron chi connectivity index (χ4n) is 2.08. The Morgan fingerprint density at radius 2 is 2.11 bits per heavy atom. The van der Waals surface area contributed by atoms with Gasteiger partial charge >= 0.3 is 0 Å². The second kappa shape index (κ2) is 6.95. The number of carbonyl (C=O) groups is 1. The Morgan fingerprint density at radius 1 is 1.47 bits per heavy atom. The number of thioether (sulfide) groups is 1. The Kier molecular flexibility index (Phi) is 6.14. The highest BCUT2D eigenvalue weighted by Gasteiger charge is 2.33. The van der Waals surface area contributed by atoms with Crippen LogP contribution in [0.1, 0.15) is 27.2 Å². The quantitative estimate of drug-likeness (QED) is 0.774. The van der Waals surface area contributed by atoms with E-state index in [9.17, 15) is 18.3 Å². The third kappa shape index (κ3) is 4.96. The van der Waals surface area contributed by atoms with Crippen molar-refractivity contribution in [2.24, 2.45) is 0 Å². The van der Waals surface area contributed by atoms with E-state index in [-0.39, 0.29) is 34.5 Å². The van der Waals surface area contributed by atoms with Gasteiger partial charge in [-0.25, -0.2) is 8.42 Å². The van der Waals surface area contributed by atoms with Gasteiger partial charge in [0.05, 0.1) is 23.4 Å². The van der Waals surface area contributed by atoms with Crippen LogP contribution in [0.25, 0.3) is 0 Å². The van der Waals surface area contributed by atoms with E-state index in [0.717, 1.165) is 0 Å². The Bertz CT molecular complexity index is 408. The smallest absolute Gasteiger partial charge is 0.232 e. The van der Waals surface area contributed by atoms with E-state index in [1.54, 1.807) is 11.8 Å². The van der Waals surface area contributed by atoms with Crippen LogP contribution in [0.2, 0.25) is 0 Å². The van der Waals surface area contributed by atoms with Crippen LogP contribution < -0.4 is 0 Å². The highest BCUT2D eigenvalue weighted by atomic mass is 32.2. The van der Waals surface area contributed by atoms with Gasteiger partial charge in [0, 0.05) is 17.8 Å². The number of aliphatic hydroxyl groups is 1. The normalized spacial score (nSPS) is 24.9. The van der Waals surface area contributed by atoms with Crippen molar-refractivity contribution in [3.63, 3.8) is 0 Å². The molecule has 0 radical (unpaired) electrons. The molecule has 1 fully saturated rings. The molecule has 0 spiro atoms. The van der Waals surface area contributed by atoms with Crippen molar-refractivity contribution in [1.82, 2.24) is 4.90 Å². The molecule has 1 saturated heterocycles. The third-order valence-electron chi connectivity index (χ3n) is 3.46. The summed E-state index contributed by atoms with van der Waals surface area (Å²) in [6.45, 7) is 5.97. The first kappa shape index (κ1) is 16.8. The number of hydrogen-bond acceptors (Lipinski definition) is 5. The van der Waals surface area contributed by atoms with E-state index in [1.807, 2.05) is 13.8 Å². The highest BCUT2D eigenvalue weighted by Crippen LogP contribution is 2.20. The van der Waals surface area contributed by atoms with Gasteiger partial charge in [-0.3, -0.25) is 4.79 Å². The molecule has 1 aliphatic rings. The number of aliphatic hydroxyl groups excluding tert-OH is 1. The van der Waals surface area contributed by atoms with Crippen molar-refractivity contribution in [2.75, 3.05) is 23.8 Å². The van der Waals surface area contributed by atoms with Gasteiger partial charge in [-0.2, -0.15) is 0 Å². The van der Waals surface area contributed by atoms with Crippen LogP contribution >= 0.6 is 11.8 Å². The minimum atomic E-state index is -2.97. The summed E-state index contributed by atoms with van der Waals surface area (Å²) < 4.78 is 22.9. The van der Waals surface area contributed by atoms with Crippen LogP contribution in [-0.2, 0) is 14.6 Å².